The van der Waals surface area contributed by atoms with Gasteiger partial charge in [0, 0.05) is 36.6 Å². The molecule has 22 heavy (non-hydrogen) atoms. The van der Waals surface area contributed by atoms with E-state index in [9.17, 15) is 4.79 Å². The van der Waals surface area contributed by atoms with E-state index >= 15 is 0 Å². The van der Waals surface area contributed by atoms with Crippen LogP contribution in [0.1, 0.15) is 28.8 Å². The van der Waals surface area contributed by atoms with Crippen LogP contribution < -0.4 is 9.80 Å². The standard InChI is InChI=1S/C19H20N2O/c22-19(15-6-2-1-3-7-15)21-13-10-16-14-17(8-9-18(16)21)20-11-4-5-12-20/h1-3,6-9,14H,4-5,10-13H2. The van der Waals surface area contributed by atoms with Crippen molar-refractivity contribution in [3.63, 3.8) is 0 Å². The molecule has 2 aromatic carbocycles. The lowest BCUT2D eigenvalue weighted by Gasteiger charge is -2.20. The fraction of sp³-hybridized carbons (Fsp3) is 0.316. The first kappa shape index (κ1) is 13.4. The second kappa shape index (κ2) is 5.48. The molecule has 112 valence electrons. The molecular formula is C19H20N2O. The smallest absolute Gasteiger partial charge is 0.258 e. The van der Waals surface area contributed by atoms with Crippen molar-refractivity contribution >= 4 is 17.3 Å². The Balaban J connectivity index is 1.61. The highest BCUT2D eigenvalue weighted by Crippen LogP contribution is 2.33. The minimum Gasteiger partial charge on any atom is -0.372 e. The predicted octanol–water partition coefficient (Wildman–Crippen LogP) is 3.49. The van der Waals surface area contributed by atoms with Gasteiger partial charge in [-0.1, -0.05) is 18.2 Å². The Kier molecular flexibility index (Phi) is 3.34. The second-order valence-electron chi connectivity index (χ2n) is 6.08. The summed E-state index contributed by atoms with van der Waals surface area (Å²) in [6, 6.07) is 16.1. The Morgan fingerprint density at radius 3 is 2.45 bits per heavy atom. The van der Waals surface area contributed by atoms with Gasteiger partial charge in [0.15, 0.2) is 0 Å². The Labute approximate surface area is 131 Å². The zero-order chi connectivity index (χ0) is 14.9. The van der Waals surface area contributed by atoms with Crippen molar-refractivity contribution in [2.75, 3.05) is 29.4 Å². The van der Waals surface area contributed by atoms with Crippen molar-refractivity contribution in [2.45, 2.75) is 19.3 Å². The van der Waals surface area contributed by atoms with E-state index in [1.807, 2.05) is 35.2 Å². The van der Waals surface area contributed by atoms with Crippen molar-refractivity contribution in [3.05, 3.63) is 59.7 Å². The second-order valence-corrected chi connectivity index (χ2v) is 6.08. The SMILES string of the molecule is O=C(c1ccccc1)N1CCc2cc(N3CCCC3)ccc21. The molecular weight excluding hydrogens is 272 g/mol. The van der Waals surface area contributed by atoms with E-state index in [1.54, 1.807) is 0 Å². The normalized spacial score (nSPS) is 16.9. The molecule has 1 saturated heterocycles. The van der Waals surface area contributed by atoms with Crippen LogP contribution in [-0.2, 0) is 6.42 Å². The number of fused-ring (bicyclic) bond motifs is 1. The van der Waals surface area contributed by atoms with Gasteiger partial charge < -0.3 is 9.80 Å². The number of benzene rings is 2. The summed E-state index contributed by atoms with van der Waals surface area (Å²) in [5, 5.41) is 0. The number of amides is 1. The first-order valence-corrected chi connectivity index (χ1v) is 8.08. The zero-order valence-corrected chi connectivity index (χ0v) is 12.7. The summed E-state index contributed by atoms with van der Waals surface area (Å²) < 4.78 is 0. The van der Waals surface area contributed by atoms with Crippen molar-refractivity contribution in [3.8, 4) is 0 Å². The molecule has 0 unspecified atom stereocenters. The van der Waals surface area contributed by atoms with E-state index in [0.717, 1.165) is 37.3 Å². The average Bonchev–Trinajstić information content (AvgIpc) is 3.24. The molecule has 0 N–H and O–H groups in total. The number of hydrogen-bond donors (Lipinski definition) is 0. The molecule has 3 nitrogen and oxygen atoms in total. The summed E-state index contributed by atoms with van der Waals surface area (Å²) in [4.78, 5) is 17.0. The van der Waals surface area contributed by atoms with Crippen molar-refractivity contribution in [2.24, 2.45) is 0 Å². The first-order valence-electron chi connectivity index (χ1n) is 8.08. The highest BCUT2D eigenvalue weighted by molar-refractivity contribution is 6.07. The molecule has 3 heteroatoms. The van der Waals surface area contributed by atoms with Crippen LogP contribution in [0.2, 0.25) is 0 Å². The van der Waals surface area contributed by atoms with E-state index in [4.69, 9.17) is 0 Å². The van der Waals surface area contributed by atoms with Gasteiger partial charge in [-0.2, -0.15) is 0 Å². The van der Waals surface area contributed by atoms with Gasteiger partial charge in [-0.05, 0) is 55.2 Å². The van der Waals surface area contributed by atoms with Crippen LogP contribution in [0.3, 0.4) is 0 Å². The van der Waals surface area contributed by atoms with E-state index in [1.165, 1.54) is 24.1 Å². The van der Waals surface area contributed by atoms with E-state index in [0.29, 0.717) is 0 Å². The molecule has 1 fully saturated rings. The van der Waals surface area contributed by atoms with Crippen molar-refractivity contribution in [1.29, 1.82) is 0 Å². The van der Waals surface area contributed by atoms with Crippen LogP contribution in [0.5, 0.6) is 0 Å². The Morgan fingerprint density at radius 2 is 1.68 bits per heavy atom. The first-order chi connectivity index (χ1) is 10.8. The molecule has 1 amide bonds. The maximum Gasteiger partial charge on any atom is 0.258 e. The summed E-state index contributed by atoms with van der Waals surface area (Å²) in [5.41, 5.74) is 4.45. The third kappa shape index (κ3) is 2.27. The maximum absolute atomic E-state index is 12.7. The van der Waals surface area contributed by atoms with Gasteiger partial charge in [0.2, 0.25) is 0 Å². The van der Waals surface area contributed by atoms with Crippen molar-refractivity contribution in [1.82, 2.24) is 0 Å². The number of hydrogen-bond acceptors (Lipinski definition) is 2. The molecule has 0 radical (unpaired) electrons. The number of anilines is 2. The summed E-state index contributed by atoms with van der Waals surface area (Å²) in [6.45, 7) is 3.10. The third-order valence-electron chi connectivity index (χ3n) is 4.70. The summed E-state index contributed by atoms with van der Waals surface area (Å²) in [7, 11) is 0. The number of carbonyl (C=O) groups is 1. The Morgan fingerprint density at radius 1 is 0.909 bits per heavy atom. The molecule has 0 saturated carbocycles. The van der Waals surface area contributed by atoms with Gasteiger partial charge in [-0.25, -0.2) is 0 Å². The minimum atomic E-state index is 0.105. The van der Waals surface area contributed by atoms with Gasteiger partial charge in [0.25, 0.3) is 5.91 Å². The molecule has 4 rings (SSSR count). The van der Waals surface area contributed by atoms with Crippen LogP contribution in [-0.4, -0.2) is 25.5 Å². The van der Waals surface area contributed by atoms with Crippen LogP contribution in [0.4, 0.5) is 11.4 Å². The van der Waals surface area contributed by atoms with E-state index < -0.39 is 0 Å². The molecule has 2 heterocycles. The molecule has 0 aromatic heterocycles. The fourth-order valence-corrected chi connectivity index (χ4v) is 3.51. The predicted molar refractivity (Wildman–Crippen MR) is 89.7 cm³/mol. The van der Waals surface area contributed by atoms with Crippen LogP contribution in [0.25, 0.3) is 0 Å². The van der Waals surface area contributed by atoms with Gasteiger partial charge >= 0.3 is 0 Å². The highest BCUT2D eigenvalue weighted by atomic mass is 16.2. The molecule has 2 aromatic rings. The maximum atomic E-state index is 12.7. The van der Waals surface area contributed by atoms with Gasteiger partial charge in [-0.3, -0.25) is 4.79 Å². The Hall–Kier alpha value is -2.29. The third-order valence-corrected chi connectivity index (χ3v) is 4.70. The fourth-order valence-electron chi connectivity index (χ4n) is 3.51. The van der Waals surface area contributed by atoms with Gasteiger partial charge in [0.05, 0.1) is 0 Å². The summed E-state index contributed by atoms with van der Waals surface area (Å²) in [6.07, 6.45) is 3.53. The average molecular weight is 292 g/mol. The summed E-state index contributed by atoms with van der Waals surface area (Å²) >= 11 is 0. The quantitative estimate of drug-likeness (QED) is 0.846. The summed E-state index contributed by atoms with van der Waals surface area (Å²) in [5.74, 6) is 0.105. The largest absolute Gasteiger partial charge is 0.372 e. The van der Waals surface area contributed by atoms with E-state index in [2.05, 4.69) is 23.1 Å². The lowest BCUT2D eigenvalue weighted by atomic mass is 10.1. The lowest BCUT2D eigenvalue weighted by Crippen LogP contribution is -2.28. The van der Waals surface area contributed by atoms with Crippen LogP contribution in [0.15, 0.2) is 48.5 Å². The van der Waals surface area contributed by atoms with Crippen LogP contribution in [0, 0.1) is 0 Å². The number of nitrogens with zero attached hydrogens (tertiary/aromatic N) is 2. The highest BCUT2D eigenvalue weighted by Gasteiger charge is 2.26. The molecule has 2 aliphatic heterocycles. The molecule has 0 aliphatic carbocycles. The minimum absolute atomic E-state index is 0.105. The van der Waals surface area contributed by atoms with Gasteiger partial charge in [0.1, 0.15) is 0 Å². The zero-order valence-electron chi connectivity index (χ0n) is 12.7. The lowest BCUT2D eigenvalue weighted by molar-refractivity contribution is 0.0989. The molecule has 2 aliphatic rings. The monoisotopic (exact) mass is 292 g/mol. The van der Waals surface area contributed by atoms with Crippen molar-refractivity contribution < 1.29 is 4.79 Å². The van der Waals surface area contributed by atoms with Crippen LogP contribution >= 0.6 is 0 Å². The molecule has 0 bridgehead atoms. The topological polar surface area (TPSA) is 23.6 Å². The Bertz CT molecular complexity index is 690. The molecule has 0 spiro atoms. The van der Waals surface area contributed by atoms with E-state index in [-0.39, 0.29) is 5.91 Å². The van der Waals surface area contributed by atoms with Gasteiger partial charge in [-0.15, -0.1) is 0 Å². The molecule has 0 atom stereocenters. The number of carbonyl (C=O) groups excluding carboxylic acids is 1. The number of rotatable bonds is 2.